The zero-order valence-electron chi connectivity index (χ0n) is 18.6. The molecule has 0 bridgehead atoms. The number of piperidine rings is 1. The lowest BCUT2D eigenvalue weighted by molar-refractivity contribution is 0.0512. The van der Waals surface area contributed by atoms with Gasteiger partial charge in [-0.1, -0.05) is 36.4 Å². The van der Waals surface area contributed by atoms with Gasteiger partial charge in [0.25, 0.3) is 5.91 Å². The zero-order valence-corrected chi connectivity index (χ0v) is 19.4. The van der Waals surface area contributed by atoms with Crippen molar-refractivity contribution < 1.29 is 18.7 Å². The Morgan fingerprint density at radius 2 is 1.86 bits per heavy atom. The molecule has 1 N–H and O–H groups in total. The maximum atomic E-state index is 15.1. The summed E-state index contributed by atoms with van der Waals surface area (Å²) < 4.78 is 30.9. The summed E-state index contributed by atoms with van der Waals surface area (Å²) in [6.07, 6.45) is 2.02. The van der Waals surface area contributed by atoms with Crippen LogP contribution in [0.4, 0.5) is 8.78 Å². The number of nitrogens with zero attached hydrogens (tertiary/aromatic N) is 3. The summed E-state index contributed by atoms with van der Waals surface area (Å²) in [7, 11) is 0. The van der Waals surface area contributed by atoms with Crippen LogP contribution in [-0.2, 0) is 5.75 Å². The molecule has 2 atom stereocenters. The largest absolute Gasteiger partial charge is 0.502 e. The summed E-state index contributed by atoms with van der Waals surface area (Å²) in [5.41, 5.74) is 1.84. The van der Waals surface area contributed by atoms with Crippen molar-refractivity contribution in [2.45, 2.75) is 35.7 Å². The molecular formula is C26H21F2N3O3S. The molecule has 2 aromatic carbocycles. The van der Waals surface area contributed by atoms with Gasteiger partial charge in [0.15, 0.2) is 23.1 Å². The maximum absolute atomic E-state index is 15.1. The average molecular weight is 494 g/mol. The Bertz CT molecular complexity index is 1470. The van der Waals surface area contributed by atoms with E-state index in [1.165, 1.54) is 28.7 Å². The van der Waals surface area contributed by atoms with E-state index in [4.69, 9.17) is 0 Å². The number of halogens is 2. The molecule has 0 spiro atoms. The molecule has 0 radical (unpaired) electrons. The minimum absolute atomic E-state index is 0.139. The number of rotatable bonds is 1. The van der Waals surface area contributed by atoms with E-state index in [0.717, 1.165) is 22.1 Å². The monoisotopic (exact) mass is 493 g/mol. The van der Waals surface area contributed by atoms with Gasteiger partial charge in [0.05, 0.1) is 6.04 Å². The van der Waals surface area contributed by atoms with E-state index < -0.39 is 40.9 Å². The second-order valence-corrected chi connectivity index (χ2v) is 9.96. The van der Waals surface area contributed by atoms with E-state index in [0.29, 0.717) is 24.9 Å². The van der Waals surface area contributed by atoms with E-state index in [1.807, 2.05) is 29.3 Å². The number of amides is 1. The Balaban J connectivity index is 1.68. The number of hydrogen-bond acceptors (Lipinski definition) is 5. The molecule has 6 rings (SSSR count). The Hall–Kier alpha value is -3.59. The predicted octanol–water partition coefficient (Wildman–Crippen LogP) is 4.30. The molecule has 35 heavy (non-hydrogen) atoms. The highest BCUT2D eigenvalue weighted by atomic mass is 32.2. The van der Waals surface area contributed by atoms with Crippen LogP contribution in [-0.4, -0.2) is 33.3 Å². The van der Waals surface area contributed by atoms with Crippen LogP contribution >= 0.6 is 11.8 Å². The number of aromatic hydroxyl groups is 1. The molecule has 0 saturated carbocycles. The molecule has 9 heteroatoms. The van der Waals surface area contributed by atoms with Crippen molar-refractivity contribution in [2.24, 2.45) is 0 Å². The van der Waals surface area contributed by atoms with Crippen molar-refractivity contribution in [3.8, 4) is 5.75 Å². The van der Waals surface area contributed by atoms with Gasteiger partial charge in [-0.2, -0.15) is 0 Å². The van der Waals surface area contributed by atoms with Crippen molar-refractivity contribution in [3.63, 3.8) is 0 Å². The van der Waals surface area contributed by atoms with E-state index in [2.05, 4.69) is 6.58 Å². The molecule has 4 heterocycles. The number of carbonyl (C=O) groups excluding carboxylic acids is 1. The second-order valence-electron chi connectivity index (χ2n) is 8.94. The highest BCUT2D eigenvalue weighted by Gasteiger charge is 2.46. The van der Waals surface area contributed by atoms with Gasteiger partial charge in [-0.3, -0.25) is 19.3 Å². The fourth-order valence-corrected chi connectivity index (χ4v) is 6.42. The van der Waals surface area contributed by atoms with E-state index in [-0.39, 0.29) is 17.0 Å². The highest BCUT2D eigenvalue weighted by Crippen LogP contribution is 2.46. The molecule has 6 nitrogen and oxygen atoms in total. The predicted molar refractivity (Wildman–Crippen MR) is 128 cm³/mol. The van der Waals surface area contributed by atoms with E-state index in [1.54, 1.807) is 11.0 Å². The number of hydrogen-bond donors (Lipinski definition) is 1. The lowest BCUT2D eigenvalue weighted by atomic mass is 9.91. The van der Waals surface area contributed by atoms with Gasteiger partial charge in [-0.25, -0.2) is 8.78 Å². The Labute approximate surface area is 204 Å². The number of aromatic nitrogens is 1. The minimum Gasteiger partial charge on any atom is -0.502 e. The fourth-order valence-electron chi connectivity index (χ4n) is 5.31. The summed E-state index contributed by atoms with van der Waals surface area (Å²) in [5, 5.41) is 12.6. The number of thioether (sulfide) groups is 1. The standard InChI is InChI=1S/C26H21F2N3O3S/c1-14-8-10-29-21(12-14)31(30-11-9-19(32)25(33)24(30)26(29)34)23-15-6-7-18(27)22(28)17(15)13-35-20-5-3-2-4-16(20)23/h2-7,9,11,21,23,33H,1,8,10,12-13H2/t21-,23+/m1/s1. The third kappa shape index (κ3) is 3.21. The summed E-state index contributed by atoms with van der Waals surface area (Å²) in [6.45, 7) is 4.51. The quantitative estimate of drug-likeness (QED) is 0.513. The third-order valence-electron chi connectivity index (χ3n) is 6.99. The molecule has 1 fully saturated rings. The lowest BCUT2D eigenvalue weighted by Crippen LogP contribution is -2.64. The van der Waals surface area contributed by atoms with Crippen molar-refractivity contribution in [2.75, 3.05) is 11.6 Å². The summed E-state index contributed by atoms with van der Waals surface area (Å²) in [6, 6.07) is 10.9. The Morgan fingerprint density at radius 1 is 1.06 bits per heavy atom. The Morgan fingerprint density at radius 3 is 2.69 bits per heavy atom. The van der Waals surface area contributed by atoms with Crippen LogP contribution in [0.1, 0.15) is 46.1 Å². The van der Waals surface area contributed by atoms with Crippen molar-refractivity contribution in [1.29, 1.82) is 0 Å². The molecule has 1 amide bonds. The molecule has 3 aliphatic heterocycles. The molecule has 3 aromatic rings. The fraction of sp³-hybridized carbons (Fsp3) is 0.231. The first-order chi connectivity index (χ1) is 16.9. The van der Waals surface area contributed by atoms with Gasteiger partial charge < -0.3 is 10.0 Å². The van der Waals surface area contributed by atoms with Gasteiger partial charge >= 0.3 is 0 Å². The minimum atomic E-state index is -0.919. The highest BCUT2D eigenvalue weighted by molar-refractivity contribution is 7.98. The average Bonchev–Trinajstić information content (AvgIpc) is 3.01. The van der Waals surface area contributed by atoms with Crippen molar-refractivity contribution in [3.05, 3.63) is 105 Å². The Kier molecular flexibility index (Phi) is 5.00. The second kappa shape index (κ2) is 7.98. The van der Waals surface area contributed by atoms with Crippen LogP contribution < -0.4 is 10.4 Å². The van der Waals surface area contributed by atoms with Crippen LogP contribution in [0.15, 0.2) is 70.5 Å². The topological polar surface area (TPSA) is 65.8 Å². The zero-order chi connectivity index (χ0) is 24.4. The molecule has 0 aliphatic carbocycles. The van der Waals surface area contributed by atoms with Crippen LogP contribution in [0, 0.1) is 11.6 Å². The van der Waals surface area contributed by atoms with E-state index in [9.17, 15) is 19.1 Å². The molecular weight excluding hydrogens is 472 g/mol. The van der Waals surface area contributed by atoms with Gasteiger partial charge in [0.2, 0.25) is 5.43 Å². The first-order valence-electron chi connectivity index (χ1n) is 11.3. The molecule has 1 aromatic heterocycles. The molecule has 0 unspecified atom stereocenters. The van der Waals surface area contributed by atoms with Gasteiger partial charge in [0.1, 0.15) is 6.17 Å². The number of pyridine rings is 1. The van der Waals surface area contributed by atoms with Crippen LogP contribution in [0.3, 0.4) is 0 Å². The third-order valence-corrected chi connectivity index (χ3v) is 8.10. The lowest BCUT2D eigenvalue weighted by Gasteiger charge is -2.52. The van der Waals surface area contributed by atoms with Gasteiger partial charge in [-0.05, 0) is 29.7 Å². The summed E-state index contributed by atoms with van der Waals surface area (Å²) >= 11 is 1.42. The number of benzene rings is 2. The van der Waals surface area contributed by atoms with Crippen LogP contribution in [0.2, 0.25) is 0 Å². The maximum Gasteiger partial charge on any atom is 0.278 e. The van der Waals surface area contributed by atoms with Crippen molar-refractivity contribution >= 4 is 17.7 Å². The number of fused-ring (bicyclic) bond motifs is 4. The molecule has 178 valence electrons. The SMILES string of the molecule is C=C1CCN2C(=O)c3c(O)c(=O)ccn3N([C@@H]3c4ccccc4SCc4c3ccc(F)c4F)[C@@H]2C1. The van der Waals surface area contributed by atoms with Crippen LogP contribution in [0.5, 0.6) is 5.75 Å². The molecule has 3 aliphatic rings. The van der Waals surface area contributed by atoms with E-state index >= 15 is 4.39 Å². The first-order valence-corrected chi connectivity index (χ1v) is 12.2. The normalized spacial score (nSPS) is 21.1. The first kappa shape index (κ1) is 21.9. The summed E-state index contributed by atoms with van der Waals surface area (Å²) in [4.78, 5) is 28.3. The molecule has 1 saturated heterocycles. The van der Waals surface area contributed by atoms with Crippen LogP contribution in [0.25, 0.3) is 0 Å². The van der Waals surface area contributed by atoms with Gasteiger partial charge in [-0.15, -0.1) is 11.8 Å². The smallest absolute Gasteiger partial charge is 0.278 e. The summed E-state index contributed by atoms with van der Waals surface area (Å²) in [5.74, 6) is -2.66. The van der Waals surface area contributed by atoms with Gasteiger partial charge in [0, 0.05) is 41.4 Å². The number of carbonyl (C=O) groups is 1. The van der Waals surface area contributed by atoms with Crippen molar-refractivity contribution in [1.82, 2.24) is 9.58 Å².